The highest BCUT2D eigenvalue weighted by Crippen LogP contribution is 2.38. The predicted octanol–water partition coefficient (Wildman–Crippen LogP) is 2.63. The molecule has 4 unspecified atom stereocenters. The van der Waals surface area contributed by atoms with Crippen LogP contribution in [0.1, 0.15) is 30.9 Å². The van der Waals surface area contributed by atoms with E-state index in [4.69, 9.17) is 16.3 Å². The standard InChI is InChI=1S/C17H23ClN2O2/c1-20(2)15(11-3-5-12(18)6-4-11)10-19-17(21)14-9-13-7-8-16(14)22-13/h3-6,13-16H,7-10H2,1-2H3,(H,19,21). The van der Waals surface area contributed by atoms with Crippen LogP contribution in [0.4, 0.5) is 0 Å². The Morgan fingerprint density at radius 3 is 2.64 bits per heavy atom. The maximum Gasteiger partial charge on any atom is 0.225 e. The molecule has 0 saturated carbocycles. The van der Waals surface area contributed by atoms with Crippen molar-refractivity contribution in [1.82, 2.24) is 10.2 Å². The molecular weight excluding hydrogens is 300 g/mol. The van der Waals surface area contributed by atoms with Crippen molar-refractivity contribution in [3.05, 3.63) is 34.9 Å². The molecule has 1 aromatic carbocycles. The van der Waals surface area contributed by atoms with Gasteiger partial charge in [0, 0.05) is 11.6 Å². The van der Waals surface area contributed by atoms with Crippen molar-refractivity contribution in [2.24, 2.45) is 5.92 Å². The summed E-state index contributed by atoms with van der Waals surface area (Å²) < 4.78 is 5.77. The lowest BCUT2D eigenvalue weighted by atomic mass is 9.88. The van der Waals surface area contributed by atoms with E-state index in [0.29, 0.717) is 12.6 Å². The molecule has 4 nitrogen and oxygen atoms in total. The second kappa shape index (κ2) is 6.57. The quantitative estimate of drug-likeness (QED) is 0.906. The van der Waals surface area contributed by atoms with Gasteiger partial charge >= 0.3 is 0 Å². The van der Waals surface area contributed by atoms with Gasteiger partial charge in [0.25, 0.3) is 0 Å². The summed E-state index contributed by atoms with van der Waals surface area (Å²) in [5, 5.41) is 3.84. The molecule has 120 valence electrons. The summed E-state index contributed by atoms with van der Waals surface area (Å²) in [5.74, 6) is 0.166. The fraction of sp³-hybridized carbons (Fsp3) is 0.588. The monoisotopic (exact) mass is 322 g/mol. The zero-order valence-electron chi connectivity index (χ0n) is 13.1. The molecule has 1 N–H and O–H groups in total. The maximum absolute atomic E-state index is 12.4. The molecular formula is C17H23ClN2O2. The van der Waals surface area contributed by atoms with Gasteiger partial charge in [-0.2, -0.15) is 0 Å². The zero-order valence-corrected chi connectivity index (χ0v) is 13.8. The van der Waals surface area contributed by atoms with Gasteiger partial charge in [0.1, 0.15) is 0 Å². The number of carbonyl (C=O) groups excluding carboxylic acids is 1. The molecule has 2 heterocycles. The van der Waals surface area contributed by atoms with Crippen molar-refractivity contribution >= 4 is 17.5 Å². The van der Waals surface area contributed by atoms with Gasteiger partial charge in [-0.15, -0.1) is 0 Å². The number of hydrogen-bond acceptors (Lipinski definition) is 3. The van der Waals surface area contributed by atoms with Crippen LogP contribution >= 0.6 is 11.6 Å². The Hall–Kier alpha value is -1.10. The highest BCUT2D eigenvalue weighted by Gasteiger charge is 2.44. The smallest absolute Gasteiger partial charge is 0.225 e. The summed E-state index contributed by atoms with van der Waals surface area (Å²) in [7, 11) is 4.04. The molecule has 1 aromatic rings. The lowest BCUT2D eigenvalue weighted by Crippen LogP contribution is -2.40. The van der Waals surface area contributed by atoms with Crippen molar-refractivity contribution in [3.63, 3.8) is 0 Å². The van der Waals surface area contributed by atoms with E-state index in [1.165, 1.54) is 0 Å². The van der Waals surface area contributed by atoms with Gasteiger partial charge in [-0.3, -0.25) is 4.79 Å². The third kappa shape index (κ3) is 3.29. The van der Waals surface area contributed by atoms with Crippen LogP contribution in [0, 0.1) is 5.92 Å². The first kappa shape index (κ1) is 15.8. The van der Waals surface area contributed by atoms with Gasteiger partial charge in [-0.05, 0) is 51.1 Å². The number of benzene rings is 1. The average molecular weight is 323 g/mol. The van der Waals surface area contributed by atoms with Crippen LogP contribution in [0.25, 0.3) is 0 Å². The Morgan fingerprint density at radius 2 is 2.09 bits per heavy atom. The van der Waals surface area contributed by atoms with E-state index in [1.54, 1.807) is 0 Å². The van der Waals surface area contributed by atoms with Gasteiger partial charge in [0.05, 0.1) is 24.2 Å². The fourth-order valence-electron chi connectivity index (χ4n) is 3.53. The third-order valence-corrected chi connectivity index (χ3v) is 5.04. The third-order valence-electron chi connectivity index (χ3n) is 4.79. The minimum atomic E-state index is 0.0341. The van der Waals surface area contributed by atoms with Gasteiger partial charge in [0.2, 0.25) is 5.91 Å². The molecule has 0 aromatic heterocycles. The summed E-state index contributed by atoms with van der Waals surface area (Å²) in [4.78, 5) is 14.5. The summed E-state index contributed by atoms with van der Waals surface area (Å²) >= 11 is 5.95. The molecule has 0 radical (unpaired) electrons. The first-order chi connectivity index (χ1) is 10.5. The summed E-state index contributed by atoms with van der Waals surface area (Å²) in [5.41, 5.74) is 1.15. The zero-order chi connectivity index (χ0) is 15.7. The molecule has 2 aliphatic heterocycles. The molecule has 2 bridgehead atoms. The van der Waals surface area contributed by atoms with E-state index in [-0.39, 0.29) is 24.0 Å². The predicted molar refractivity (Wildman–Crippen MR) is 86.9 cm³/mol. The average Bonchev–Trinajstić information content (AvgIpc) is 3.11. The number of likely N-dealkylation sites (N-methyl/N-ethyl adjacent to an activating group) is 1. The van der Waals surface area contributed by atoms with Crippen molar-refractivity contribution < 1.29 is 9.53 Å². The lowest BCUT2D eigenvalue weighted by molar-refractivity contribution is -0.126. The number of hydrogen-bond donors (Lipinski definition) is 1. The van der Waals surface area contributed by atoms with E-state index >= 15 is 0 Å². The van der Waals surface area contributed by atoms with Gasteiger partial charge in [-0.25, -0.2) is 0 Å². The van der Waals surface area contributed by atoms with Crippen LogP contribution in [0.2, 0.25) is 5.02 Å². The van der Waals surface area contributed by atoms with Crippen LogP contribution in [-0.4, -0.2) is 43.7 Å². The number of amides is 1. The SMILES string of the molecule is CN(C)C(CNC(=O)C1CC2CCC1O2)c1ccc(Cl)cc1. The van der Waals surface area contributed by atoms with Gasteiger partial charge in [-0.1, -0.05) is 23.7 Å². The summed E-state index contributed by atoms with van der Waals surface area (Å²) in [6.45, 7) is 0.599. The highest BCUT2D eigenvalue weighted by atomic mass is 35.5. The minimum absolute atomic E-state index is 0.0341. The highest BCUT2D eigenvalue weighted by molar-refractivity contribution is 6.30. The number of ether oxygens (including phenoxy) is 1. The van der Waals surface area contributed by atoms with E-state index in [9.17, 15) is 4.79 Å². The van der Waals surface area contributed by atoms with Gasteiger partial charge < -0.3 is 15.0 Å². The summed E-state index contributed by atoms with van der Waals surface area (Å²) in [6.07, 6.45) is 3.46. The van der Waals surface area contributed by atoms with Crippen LogP contribution < -0.4 is 5.32 Å². The fourth-order valence-corrected chi connectivity index (χ4v) is 3.65. The molecule has 4 atom stereocenters. The first-order valence-electron chi connectivity index (χ1n) is 7.89. The molecule has 22 heavy (non-hydrogen) atoms. The Kier molecular flexibility index (Phi) is 4.71. The second-order valence-electron chi connectivity index (χ2n) is 6.49. The van der Waals surface area contributed by atoms with Crippen molar-refractivity contribution in [1.29, 1.82) is 0 Å². The molecule has 2 saturated heterocycles. The van der Waals surface area contributed by atoms with Crippen molar-refractivity contribution in [3.8, 4) is 0 Å². The van der Waals surface area contributed by atoms with E-state index < -0.39 is 0 Å². The number of halogens is 1. The van der Waals surface area contributed by atoms with Crippen LogP contribution in [0.3, 0.4) is 0 Å². The minimum Gasteiger partial charge on any atom is -0.374 e. The number of carbonyl (C=O) groups is 1. The molecule has 0 spiro atoms. The number of fused-ring (bicyclic) bond motifs is 2. The van der Waals surface area contributed by atoms with Crippen molar-refractivity contribution in [2.75, 3.05) is 20.6 Å². The van der Waals surface area contributed by atoms with Crippen LogP contribution in [-0.2, 0) is 9.53 Å². The van der Waals surface area contributed by atoms with Crippen molar-refractivity contribution in [2.45, 2.75) is 37.5 Å². The molecule has 0 aliphatic carbocycles. The maximum atomic E-state index is 12.4. The van der Waals surface area contributed by atoms with Crippen LogP contribution in [0.5, 0.6) is 0 Å². The second-order valence-corrected chi connectivity index (χ2v) is 6.93. The first-order valence-corrected chi connectivity index (χ1v) is 8.27. The lowest BCUT2D eigenvalue weighted by Gasteiger charge is -2.26. The molecule has 2 fully saturated rings. The number of nitrogens with zero attached hydrogens (tertiary/aromatic N) is 1. The Bertz CT molecular complexity index is 532. The number of nitrogens with one attached hydrogen (secondary N) is 1. The van der Waals surface area contributed by atoms with Crippen LogP contribution in [0.15, 0.2) is 24.3 Å². The van der Waals surface area contributed by atoms with E-state index in [1.807, 2.05) is 38.4 Å². The Labute approximate surface area is 136 Å². The molecule has 2 aliphatic rings. The van der Waals surface area contributed by atoms with E-state index in [2.05, 4.69) is 10.2 Å². The summed E-state index contributed by atoms with van der Waals surface area (Å²) in [6, 6.07) is 7.94. The largest absolute Gasteiger partial charge is 0.374 e. The van der Waals surface area contributed by atoms with E-state index in [0.717, 1.165) is 29.8 Å². The molecule has 1 amide bonds. The Balaban J connectivity index is 1.60. The Morgan fingerprint density at radius 1 is 1.36 bits per heavy atom. The number of rotatable bonds is 5. The topological polar surface area (TPSA) is 41.6 Å². The normalized spacial score (nSPS) is 28.1. The molecule has 3 rings (SSSR count). The molecule has 5 heteroatoms. The van der Waals surface area contributed by atoms with Gasteiger partial charge in [0.15, 0.2) is 0 Å².